The van der Waals surface area contributed by atoms with E-state index in [-0.39, 0.29) is 24.0 Å². The third-order valence-corrected chi connectivity index (χ3v) is 5.05. The Bertz CT molecular complexity index is 604. The summed E-state index contributed by atoms with van der Waals surface area (Å²) in [6.45, 7) is 8.31. The van der Waals surface area contributed by atoms with Crippen LogP contribution in [0.25, 0.3) is 0 Å². The summed E-state index contributed by atoms with van der Waals surface area (Å²) in [7, 11) is 1.80. The maximum atomic E-state index is 5.75. The van der Waals surface area contributed by atoms with Gasteiger partial charge in [0.2, 0.25) is 0 Å². The van der Waals surface area contributed by atoms with Crippen molar-refractivity contribution in [3.05, 3.63) is 18.2 Å². The summed E-state index contributed by atoms with van der Waals surface area (Å²) in [5.41, 5.74) is 0.951. The Morgan fingerprint density at radius 3 is 2.67 bits per heavy atom. The lowest BCUT2D eigenvalue weighted by Gasteiger charge is -2.30. The number of piperidine rings is 1. The monoisotopic (exact) mass is 488 g/mol. The number of hydrogen-bond donors (Lipinski definition) is 2. The average molecular weight is 488 g/mol. The predicted octanol–water partition coefficient (Wildman–Crippen LogP) is 3.58. The van der Waals surface area contributed by atoms with Gasteiger partial charge in [-0.1, -0.05) is 6.92 Å². The quantitative estimate of drug-likeness (QED) is 0.287. The van der Waals surface area contributed by atoms with E-state index in [1.165, 1.54) is 25.9 Å². The molecule has 1 aromatic carbocycles. The molecule has 2 aliphatic rings. The van der Waals surface area contributed by atoms with Gasteiger partial charge in [-0.05, 0) is 56.9 Å². The van der Waals surface area contributed by atoms with Crippen molar-refractivity contribution >= 4 is 35.6 Å². The first-order chi connectivity index (χ1) is 12.7. The maximum absolute atomic E-state index is 5.75. The van der Waals surface area contributed by atoms with Crippen molar-refractivity contribution in [3.63, 3.8) is 0 Å². The number of rotatable bonds is 5. The summed E-state index contributed by atoms with van der Waals surface area (Å²) in [4.78, 5) is 6.89. The van der Waals surface area contributed by atoms with Gasteiger partial charge in [0, 0.05) is 31.8 Å². The number of fused-ring (bicyclic) bond motifs is 1. The lowest BCUT2D eigenvalue weighted by atomic mass is 9.99. The molecular weight excluding hydrogens is 455 g/mol. The van der Waals surface area contributed by atoms with Crippen LogP contribution in [0, 0.1) is 5.92 Å². The number of guanidine groups is 1. The first-order valence-corrected chi connectivity index (χ1v) is 9.84. The fourth-order valence-electron chi connectivity index (χ4n) is 3.35. The Labute approximate surface area is 180 Å². The highest BCUT2D eigenvalue weighted by atomic mass is 127. The van der Waals surface area contributed by atoms with Crippen LogP contribution in [0.4, 0.5) is 5.69 Å². The molecule has 1 aromatic rings. The number of nitrogens with one attached hydrogen (secondary N) is 2. The molecule has 0 unspecified atom stereocenters. The van der Waals surface area contributed by atoms with Crippen molar-refractivity contribution in [2.75, 3.05) is 51.8 Å². The van der Waals surface area contributed by atoms with Gasteiger partial charge in [0.15, 0.2) is 17.5 Å². The van der Waals surface area contributed by atoms with Crippen molar-refractivity contribution in [2.45, 2.75) is 32.6 Å². The minimum absolute atomic E-state index is 0. The van der Waals surface area contributed by atoms with Gasteiger partial charge in [-0.25, -0.2) is 0 Å². The van der Waals surface area contributed by atoms with E-state index >= 15 is 0 Å². The van der Waals surface area contributed by atoms with Crippen LogP contribution in [0.5, 0.6) is 11.5 Å². The molecule has 0 spiro atoms. The fraction of sp³-hybridized carbons (Fsp3) is 0.650. The van der Waals surface area contributed by atoms with Crippen LogP contribution in [0.15, 0.2) is 23.2 Å². The normalized spacial score (nSPS) is 18.4. The smallest absolute Gasteiger partial charge is 0.195 e. The molecule has 0 atom stereocenters. The van der Waals surface area contributed by atoms with E-state index < -0.39 is 0 Å². The molecule has 0 saturated carbocycles. The minimum Gasteiger partial charge on any atom is -0.490 e. The average Bonchev–Trinajstić information content (AvgIpc) is 2.90. The molecule has 152 valence electrons. The molecule has 3 rings (SSSR count). The van der Waals surface area contributed by atoms with E-state index in [4.69, 9.17) is 9.47 Å². The van der Waals surface area contributed by atoms with E-state index in [1.807, 2.05) is 18.2 Å². The molecular formula is C20H33IN4O2. The highest BCUT2D eigenvalue weighted by Gasteiger charge is 2.15. The molecule has 1 saturated heterocycles. The number of likely N-dealkylation sites (tertiary alicyclic amines) is 1. The Balaban J connectivity index is 0.00000261. The van der Waals surface area contributed by atoms with Gasteiger partial charge >= 0.3 is 0 Å². The van der Waals surface area contributed by atoms with Crippen LogP contribution < -0.4 is 20.1 Å². The molecule has 1 fully saturated rings. The van der Waals surface area contributed by atoms with Gasteiger partial charge < -0.3 is 25.0 Å². The zero-order valence-electron chi connectivity index (χ0n) is 16.5. The van der Waals surface area contributed by atoms with E-state index in [2.05, 4.69) is 27.4 Å². The number of aliphatic imine (C=N–C) groups is 1. The van der Waals surface area contributed by atoms with Crippen molar-refractivity contribution in [1.29, 1.82) is 0 Å². The summed E-state index contributed by atoms with van der Waals surface area (Å²) >= 11 is 0. The molecule has 2 N–H and O–H groups in total. The summed E-state index contributed by atoms with van der Waals surface area (Å²) in [5, 5.41) is 6.73. The molecule has 7 heteroatoms. The summed E-state index contributed by atoms with van der Waals surface area (Å²) < 4.78 is 11.4. The van der Waals surface area contributed by atoms with Crippen LogP contribution in [-0.2, 0) is 0 Å². The Morgan fingerprint density at radius 2 is 1.93 bits per heavy atom. The van der Waals surface area contributed by atoms with Crippen LogP contribution in [0.1, 0.15) is 32.6 Å². The molecule has 0 aromatic heterocycles. The molecule has 0 amide bonds. The summed E-state index contributed by atoms with van der Waals surface area (Å²) in [5.74, 6) is 3.28. The van der Waals surface area contributed by atoms with E-state index in [0.717, 1.165) is 55.0 Å². The summed E-state index contributed by atoms with van der Waals surface area (Å²) in [6.07, 6.45) is 4.70. The lowest BCUT2D eigenvalue weighted by Crippen LogP contribution is -2.36. The van der Waals surface area contributed by atoms with Crippen molar-refractivity contribution < 1.29 is 9.47 Å². The number of hydrogen-bond acceptors (Lipinski definition) is 4. The standard InChI is InChI=1S/C20H32N4O2.HI/c1-16-7-11-24(12-8-16)10-3-9-22-20(21-2)23-17-5-6-18-19(15-17)26-14-4-13-25-18;/h5-6,15-16H,3-4,7-14H2,1-2H3,(H2,21,22,23);1H. The second kappa shape index (κ2) is 11.6. The van der Waals surface area contributed by atoms with Gasteiger partial charge in [0.25, 0.3) is 0 Å². The molecule has 6 nitrogen and oxygen atoms in total. The molecule has 27 heavy (non-hydrogen) atoms. The SMILES string of the molecule is CN=C(NCCCN1CCC(C)CC1)Nc1ccc2c(c1)OCCCO2.I. The molecule has 2 aliphatic heterocycles. The lowest BCUT2D eigenvalue weighted by molar-refractivity contribution is 0.191. The van der Waals surface area contributed by atoms with Crippen LogP contribution >= 0.6 is 24.0 Å². The van der Waals surface area contributed by atoms with Crippen molar-refractivity contribution in [1.82, 2.24) is 10.2 Å². The van der Waals surface area contributed by atoms with E-state index in [0.29, 0.717) is 13.2 Å². The van der Waals surface area contributed by atoms with E-state index in [1.54, 1.807) is 7.05 Å². The predicted molar refractivity (Wildman–Crippen MR) is 122 cm³/mol. The van der Waals surface area contributed by atoms with Gasteiger partial charge in [0.05, 0.1) is 13.2 Å². The van der Waals surface area contributed by atoms with Crippen molar-refractivity contribution in [3.8, 4) is 11.5 Å². The van der Waals surface area contributed by atoms with Gasteiger partial charge in [-0.15, -0.1) is 24.0 Å². The Hall–Kier alpha value is -1.22. The fourth-order valence-corrected chi connectivity index (χ4v) is 3.35. The maximum Gasteiger partial charge on any atom is 0.195 e. The Kier molecular flexibility index (Phi) is 9.47. The third-order valence-electron chi connectivity index (χ3n) is 5.05. The first kappa shape index (κ1) is 22.1. The van der Waals surface area contributed by atoms with Crippen LogP contribution in [0.2, 0.25) is 0 Å². The number of benzene rings is 1. The topological polar surface area (TPSA) is 58.1 Å². The first-order valence-electron chi connectivity index (χ1n) is 9.84. The second-order valence-electron chi connectivity index (χ2n) is 7.21. The number of nitrogens with zero attached hydrogens (tertiary/aromatic N) is 2. The van der Waals surface area contributed by atoms with Crippen LogP contribution in [-0.4, -0.2) is 57.3 Å². The van der Waals surface area contributed by atoms with Gasteiger partial charge in [-0.3, -0.25) is 4.99 Å². The Morgan fingerprint density at radius 1 is 1.19 bits per heavy atom. The largest absolute Gasteiger partial charge is 0.490 e. The van der Waals surface area contributed by atoms with Gasteiger partial charge in [-0.2, -0.15) is 0 Å². The van der Waals surface area contributed by atoms with Crippen molar-refractivity contribution in [2.24, 2.45) is 10.9 Å². The zero-order chi connectivity index (χ0) is 18.2. The second-order valence-corrected chi connectivity index (χ2v) is 7.21. The summed E-state index contributed by atoms with van der Waals surface area (Å²) in [6, 6.07) is 5.92. The molecule has 0 aliphatic carbocycles. The van der Waals surface area contributed by atoms with Crippen LogP contribution in [0.3, 0.4) is 0 Å². The van der Waals surface area contributed by atoms with Gasteiger partial charge in [0.1, 0.15) is 0 Å². The molecule has 2 heterocycles. The minimum atomic E-state index is 0. The van der Waals surface area contributed by atoms with E-state index in [9.17, 15) is 0 Å². The number of halogens is 1. The number of ether oxygens (including phenoxy) is 2. The highest BCUT2D eigenvalue weighted by molar-refractivity contribution is 14.0. The molecule has 0 radical (unpaired) electrons. The third kappa shape index (κ3) is 7.03. The molecule has 0 bridgehead atoms. The highest BCUT2D eigenvalue weighted by Crippen LogP contribution is 2.32. The number of anilines is 1. The zero-order valence-corrected chi connectivity index (χ0v) is 18.8.